The highest BCUT2D eigenvalue weighted by molar-refractivity contribution is 5.97. The van der Waals surface area contributed by atoms with Gasteiger partial charge in [-0.05, 0) is 49.1 Å². The van der Waals surface area contributed by atoms with E-state index in [-0.39, 0.29) is 5.91 Å². The Kier molecular flexibility index (Phi) is 8.28. The van der Waals surface area contributed by atoms with E-state index in [2.05, 4.69) is 22.4 Å². The van der Waals surface area contributed by atoms with Gasteiger partial charge < -0.3 is 14.5 Å². The van der Waals surface area contributed by atoms with E-state index in [0.717, 1.165) is 29.7 Å². The van der Waals surface area contributed by atoms with Gasteiger partial charge in [-0.3, -0.25) is 4.79 Å². The second kappa shape index (κ2) is 10.9. The lowest BCUT2D eigenvalue weighted by molar-refractivity contribution is 0.0949. The summed E-state index contributed by atoms with van der Waals surface area (Å²) in [5.41, 5.74) is 3.33. The van der Waals surface area contributed by atoms with Crippen LogP contribution >= 0.6 is 0 Å². The molecular weight excluding hydrogens is 352 g/mol. The Hall–Kier alpha value is -3.08. The van der Waals surface area contributed by atoms with Crippen LogP contribution in [0.1, 0.15) is 41.9 Å². The third-order valence-corrected chi connectivity index (χ3v) is 4.21. The van der Waals surface area contributed by atoms with Crippen molar-refractivity contribution >= 4 is 5.91 Å². The molecule has 28 heavy (non-hydrogen) atoms. The molecule has 3 aromatic rings. The normalized spacial score (nSPS) is 10.0. The average molecular weight is 380 g/mol. The van der Waals surface area contributed by atoms with Crippen molar-refractivity contribution in [2.24, 2.45) is 0 Å². The quantitative estimate of drug-likeness (QED) is 0.583. The van der Waals surface area contributed by atoms with Crippen molar-refractivity contribution < 1.29 is 13.9 Å². The number of ether oxygens (including phenoxy) is 1. The molecule has 0 atom stereocenters. The molecule has 2 aromatic carbocycles. The SMILES string of the molecule is CC.COc1ccc(-c2ocnc2C(=O)NCCCc2ccccc2)cc1C. The number of nitrogens with zero attached hydrogens (tertiary/aromatic N) is 1. The minimum absolute atomic E-state index is 0.227. The highest BCUT2D eigenvalue weighted by Gasteiger charge is 2.18. The van der Waals surface area contributed by atoms with Crippen molar-refractivity contribution in [1.29, 1.82) is 0 Å². The van der Waals surface area contributed by atoms with Crippen molar-refractivity contribution in [2.75, 3.05) is 13.7 Å². The van der Waals surface area contributed by atoms with E-state index in [1.165, 1.54) is 12.0 Å². The number of carbonyl (C=O) groups excluding carboxylic acids is 1. The Labute approximate surface area is 166 Å². The highest BCUT2D eigenvalue weighted by Crippen LogP contribution is 2.28. The number of methoxy groups -OCH3 is 1. The zero-order valence-electron chi connectivity index (χ0n) is 17.0. The predicted octanol–water partition coefficient (Wildman–Crippen LogP) is 5.05. The largest absolute Gasteiger partial charge is 0.496 e. The molecule has 0 bridgehead atoms. The molecule has 0 saturated heterocycles. The van der Waals surface area contributed by atoms with E-state index in [9.17, 15) is 4.79 Å². The third kappa shape index (κ3) is 5.46. The summed E-state index contributed by atoms with van der Waals surface area (Å²) in [5, 5.41) is 2.92. The lowest BCUT2D eigenvalue weighted by atomic mass is 10.1. The molecule has 0 radical (unpaired) electrons. The van der Waals surface area contributed by atoms with Crippen LogP contribution in [-0.2, 0) is 6.42 Å². The van der Waals surface area contributed by atoms with Crippen molar-refractivity contribution in [3.8, 4) is 17.1 Å². The van der Waals surface area contributed by atoms with Gasteiger partial charge >= 0.3 is 0 Å². The zero-order chi connectivity index (χ0) is 20.4. The third-order valence-electron chi connectivity index (χ3n) is 4.21. The second-order valence-electron chi connectivity index (χ2n) is 6.06. The van der Waals surface area contributed by atoms with Crippen LogP contribution in [0.5, 0.6) is 5.75 Å². The number of amides is 1. The summed E-state index contributed by atoms with van der Waals surface area (Å²) >= 11 is 0. The molecule has 1 heterocycles. The number of benzene rings is 2. The maximum absolute atomic E-state index is 12.5. The maximum Gasteiger partial charge on any atom is 0.273 e. The molecule has 0 aliphatic rings. The summed E-state index contributed by atoms with van der Waals surface area (Å²) in [6.45, 7) is 6.53. The topological polar surface area (TPSA) is 64.4 Å². The Morgan fingerprint density at radius 1 is 1.14 bits per heavy atom. The van der Waals surface area contributed by atoms with Gasteiger partial charge in [0.2, 0.25) is 0 Å². The smallest absolute Gasteiger partial charge is 0.273 e. The highest BCUT2D eigenvalue weighted by atomic mass is 16.5. The molecule has 0 saturated carbocycles. The minimum Gasteiger partial charge on any atom is -0.496 e. The van der Waals surface area contributed by atoms with Gasteiger partial charge in [-0.25, -0.2) is 4.98 Å². The Morgan fingerprint density at radius 3 is 2.57 bits per heavy atom. The number of hydrogen-bond acceptors (Lipinski definition) is 4. The molecule has 1 N–H and O–H groups in total. The first-order chi connectivity index (χ1) is 13.7. The molecular formula is C23H28N2O3. The van der Waals surface area contributed by atoms with Crippen LogP contribution < -0.4 is 10.1 Å². The summed E-state index contributed by atoms with van der Waals surface area (Å²) in [6, 6.07) is 15.9. The number of aromatic nitrogens is 1. The van der Waals surface area contributed by atoms with Gasteiger partial charge in [0.15, 0.2) is 17.8 Å². The fourth-order valence-electron chi connectivity index (χ4n) is 2.86. The average Bonchev–Trinajstić information content (AvgIpc) is 3.23. The van der Waals surface area contributed by atoms with Gasteiger partial charge in [0.05, 0.1) is 7.11 Å². The van der Waals surface area contributed by atoms with Crippen molar-refractivity contribution in [1.82, 2.24) is 10.3 Å². The molecule has 0 aliphatic carbocycles. The maximum atomic E-state index is 12.5. The second-order valence-corrected chi connectivity index (χ2v) is 6.06. The van der Waals surface area contributed by atoms with E-state index in [4.69, 9.17) is 9.15 Å². The number of oxazole rings is 1. The van der Waals surface area contributed by atoms with E-state index in [1.807, 2.05) is 57.2 Å². The van der Waals surface area contributed by atoms with Crippen LogP contribution in [-0.4, -0.2) is 24.5 Å². The molecule has 1 aromatic heterocycles. The van der Waals surface area contributed by atoms with E-state index in [1.54, 1.807) is 7.11 Å². The van der Waals surface area contributed by atoms with Crippen molar-refractivity contribution in [3.05, 3.63) is 71.7 Å². The number of nitrogens with one attached hydrogen (secondary N) is 1. The van der Waals surface area contributed by atoms with E-state index >= 15 is 0 Å². The lowest BCUT2D eigenvalue weighted by Crippen LogP contribution is -2.25. The number of aryl methyl sites for hydroxylation is 2. The number of rotatable bonds is 7. The van der Waals surface area contributed by atoms with Gasteiger partial charge in [-0.15, -0.1) is 0 Å². The van der Waals surface area contributed by atoms with Gasteiger partial charge in [-0.1, -0.05) is 44.2 Å². The summed E-state index contributed by atoms with van der Waals surface area (Å²) in [4.78, 5) is 16.6. The van der Waals surface area contributed by atoms with E-state index < -0.39 is 0 Å². The minimum atomic E-state index is -0.227. The Bertz CT molecular complexity index is 873. The van der Waals surface area contributed by atoms with Crippen LogP contribution in [0.4, 0.5) is 0 Å². The Balaban J connectivity index is 0.00000136. The van der Waals surface area contributed by atoms with Gasteiger partial charge in [0.25, 0.3) is 5.91 Å². The molecule has 0 fully saturated rings. The Morgan fingerprint density at radius 2 is 1.89 bits per heavy atom. The van der Waals surface area contributed by atoms with Crippen molar-refractivity contribution in [2.45, 2.75) is 33.6 Å². The predicted molar refractivity (Wildman–Crippen MR) is 112 cm³/mol. The fourth-order valence-corrected chi connectivity index (χ4v) is 2.86. The molecule has 3 rings (SSSR count). The van der Waals surface area contributed by atoms with Crippen LogP contribution in [0.2, 0.25) is 0 Å². The van der Waals surface area contributed by atoms with Gasteiger partial charge in [0.1, 0.15) is 5.75 Å². The fraction of sp³-hybridized carbons (Fsp3) is 0.304. The lowest BCUT2D eigenvalue weighted by Gasteiger charge is -2.07. The molecule has 148 valence electrons. The standard InChI is InChI=1S/C21H22N2O3.C2H6/c1-15-13-17(10-11-18(15)25-2)20-19(23-14-26-20)21(24)22-12-6-9-16-7-4-3-5-8-16;1-2/h3-5,7-8,10-11,13-14H,6,9,12H2,1-2H3,(H,22,24);1-2H3. The van der Waals surface area contributed by atoms with Crippen LogP contribution in [0.25, 0.3) is 11.3 Å². The number of hydrogen-bond donors (Lipinski definition) is 1. The summed E-state index contributed by atoms with van der Waals surface area (Å²) in [5.74, 6) is 1.03. The van der Waals surface area contributed by atoms with Gasteiger partial charge in [-0.2, -0.15) is 0 Å². The van der Waals surface area contributed by atoms with Crippen LogP contribution in [0.15, 0.2) is 59.3 Å². The monoisotopic (exact) mass is 380 g/mol. The first kappa shape index (κ1) is 21.2. The molecule has 0 unspecified atom stereocenters. The molecule has 5 heteroatoms. The zero-order valence-corrected chi connectivity index (χ0v) is 17.0. The molecule has 0 spiro atoms. The van der Waals surface area contributed by atoms with Crippen molar-refractivity contribution in [3.63, 3.8) is 0 Å². The first-order valence-electron chi connectivity index (χ1n) is 9.59. The molecule has 1 amide bonds. The molecule has 0 aliphatic heterocycles. The summed E-state index contributed by atoms with van der Waals surface area (Å²) in [7, 11) is 1.63. The first-order valence-corrected chi connectivity index (χ1v) is 9.59. The van der Waals surface area contributed by atoms with Crippen LogP contribution in [0, 0.1) is 6.92 Å². The number of carbonyl (C=O) groups is 1. The van der Waals surface area contributed by atoms with Gasteiger partial charge in [0, 0.05) is 12.1 Å². The summed E-state index contributed by atoms with van der Waals surface area (Å²) in [6.07, 6.45) is 3.09. The van der Waals surface area contributed by atoms with E-state index in [0.29, 0.717) is 18.0 Å². The summed E-state index contributed by atoms with van der Waals surface area (Å²) < 4.78 is 10.7. The van der Waals surface area contributed by atoms with Crippen LogP contribution in [0.3, 0.4) is 0 Å². The molecule has 5 nitrogen and oxygen atoms in total.